The lowest BCUT2D eigenvalue weighted by atomic mass is 10.6. The molecule has 0 aliphatic heterocycles. The van der Waals surface area contributed by atoms with E-state index < -0.39 is 0 Å². The van der Waals surface area contributed by atoms with Crippen molar-refractivity contribution < 1.29 is 0 Å². The van der Waals surface area contributed by atoms with E-state index in [1.54, 1.807) is 5.01 Å². The highest BCUT2D eigenvalue weighted by Crippen LogP contribution is 1.64. The van der Waals surface area contributed by atoms with Gasteiger partial charge in [-0.3, -0.25) is 5.84 Å². The van der Waals surface area contributed by atoms with Gasteiger partial charge >= 0.3 is 0 Å². The van der Waals surface area contributed by atoms with Crippen molar-refractivity contribution in [2.45, 2.75) is 6.92 Å². The van der Waals surface area contributed by atoms with E-state index in [-0.39, 0.29) is 0 Å². The molecule has 0 rings (SSSR count). The lowest BCUT2D eigenvalue weighted by Gasteiger charge is -2.07. The normalized spacial score (nSPS) is 10.5. The zero-order chi connectivity index (χ0) is 6.41. The minimum atomic E-state index is 0.911. The van der Waals surface area contributed by atoms with Crippen molar-refractivity contribution in [1.29, 1.82) is 0 Å². The van der Waals surface area contributed by atoms with Crippen LogP contribution in [0.2, 0.25) is 0 Å². The van der Waals surface area contributed by atoms with Crippen molar-refractivity contribution in [2.75, 3.05) is 26.7 Å². The summed E-state index contributed by atoms with van der Waals surface area (Å²) in [6.07, 6.45) is 0. The van der Waals surface area contributed by atoms with Crippen LogP contribution >= 0.6 is 0 Å². The molecule has 0 aliphatic carbocycles. The summed E-state index contributed by atoms with van der Waals surface area (Å²) in [4.78, 5) is 0. The number of nitrogens with zero attached hydrogens (tertiary/aromatic N) is 1. The van der Waals surface area contributed by atoms with Gasteiger partial charge in [-0.15, -0.1) is 0 Å². The number of hydrazine groups is 1. The van der Waals surface area contributed by atoms with Crippen LogP contribution in [0.1, 0.15) is 6.92 Å². The van der Waals surface area contributed by atoms with Crippen LogP contribution in [0.15, 0.2) is 0 Å². The van der Waals surface area contributed by atoms with Gasteiger partial charge in [-0.2, -0.15) is 0 Å². The molecule has 0 bridgehead atoms. The van der Waals surface area contributed by atoms with Gasteiger partial charge in [0.25, 0.3) is 0 Å². The molecular formula is C5H15N3. The summed E-state index contributed by atoms with van der Waals surface area (Å²) in [6, 6.07) is 0. The second kappa shape index (κ2) is 5.03. The maximum Gasteiger partial charge on any atom is 0.0250 e. The van der Waals surface area contributed by atoms with Gasteiger partial charge in [-0.25, -0.2) is 5.01 Å². The smallest absolute Gasteiger partial charge is 0.0250 e. The molecule has 0 aromatic rings. The Hall–Kier alpha value is -0.120. The van der Waals surface area contributed by atoms with E-state index >= 15 is 0 Å². The predicted octanol–water partition coefficient (Wildman–Crippen LogP) is -0.599. The number of nitrogens with one attached hydrogen (secondary N) is 1. The first-order chi connectivity index (χ1) is 3.77. The highest BCUT2D eigenvalue weighted by atomic mass is 15.4. The Labute approximate surface area is 50.8 Å². The third kappa shape index (κ3) is 5.88. The largest absolute Gasteiger partial charge is 0.316 e. The SMILES string of the molecule is CCNCCN(C)N. The van der Waals surface area contributed by atoms with Crippen molar-refractivity contribution in [2.24, 2.45) is 5.84 Å². The molecular weight excluding hydrogens is 102 g/mol. The molecule has 0 saturated carbocycles. The summed E-state index contributed by atoms with van der Waals surface area (Å²) < 4.78 is 0. The Morgan fingerprint density at radius 1 is 1.62 bits per heavy atom. The summed E-state index contributed by atoms with van der Waals surface area (Å²) in [5.41, 5.74) is 0. The van der Waals surface area contributed by atoms with E-state index in [0.29, 0.717) is 0 Å². The second-order valence-corrected chi connectivity index (χ2v) is 1.83. The highest BCUT2D eigenvalue weighted by molar-refractivity contribution is 4.44. The zero-order valence-electron chi connectivity index (χ0n) is 5.65. The van der Waals surface area contributed by atoms with Crippen molar-refractivity contribution in [3.63, 3.8) is 0 Å². The number of hydrogen-bond acceptors (Lipinski definition) is 3. The van der Waals surface area contributed by atoms with Crippen LogP contribution in [0, 0.1) is 0 Å². The summed E-state index contributed by atoms with van der Waals surface area (Å²) >= 11 is 0. The summed E-state index contributed by atoms with van der Waals surface area (Å²) in [5.74, 6) is 5.33. The molecule has 0 saturated heterocycles. The predicted molar refractivity (Wildman–Crippen MR) is 35.4 cm³/mol. The van der Waals surface area contributed by atoms with E-state index in [1.807, 2.05) is 7.05 Å². The number of likely N-dealkylation sites (N-methyl/N-ethyl adjacent to an activating group) is 2. The molecule has 50 valence electrons. The van der Waals surface area contributed by atoms with Gasteiger partial charge in [0, 0.05) is 20.1 Å². The summed E-state index contributed by atoms with van der Waals surface area (Å²) in [6.45, 7) is 4.99. The quantitative estimate of drug-likeness (QED) is 0.293. The van der Waals surface area contributed by atoms with Crippen molar-refractivity contribution >= 4 is 0 Å². The summed E-state index contributed by atoms with van der Waals surface area (Å²) in [7, 11) is 1.86. The van der Waals surface area contributed by atoms with Crippen LogP contribution in [-0.4, -0.2) is 31.7 Å². The lowest BCUT2D eigenvalue weighted by Crippen LogP contribution is -2.33. The topological polar surface area (TPSA) is 41.3 Å². The number of rotatable bonds is 4. The van der Waals surface area contributed by atoms with Crippen molar-refractivity contribution in [3.8, 4) is 0 Å². The molecule has 3 nitrogen and oxygen atoms in total. The van der Waals surface area contributed by atoms with Crippen LogP contribution in [0.25, 0.3) is 0 Å². The summed E-state index contributed by atoms with van der Waals surface area (Å²) in [5, 5.41) is 4.83. The molecule has 0 aromatic heterocycles. The first-order valence-corrected chi connectivity index (χ1v) is 2.94. The molecule has 3 N–H and O–H groups in total. The van der Waals surface area contributed by atoms with E-state index in [2.05, 4.69) is 12.2 Å². The fourth-order valence-corrected chi connectivity index (χ4v) is 0.432. The van der Waals surface area contributed by atoms with Gasteiger partial charge in [0.15, 0.2) is 0 Å². The van der Waals surface area contributed by atoms with Gasteiger partial charge in [0.1, 0.15) is 0 Å². The van der Waals surface area contributed by atoms with Crippen molar-refractivity contribution in [3.05, 3.63) is 0 Å². The number of nitrogens with two attached hydrogens (primary N) is 1. The first-order valence-electron chi connectivity index (χ1n) is 2.94. The Kier molecular flexibility index (Phi) is 4.95. The van der Waals surface area contributed by atoms with Gasteiger partial charge in [-0.1, -0.05) is 6.92 Å². The average molecular weight is 117 g/mol. The van der Waals surface area contributed by atoms with E-state index in [9.17, 15) is 0 Å². The van der Waals surface area contributed by atoms with Crippen molar-refractivity contribution in [1.82, 2.24) is 10.3 Å². The molecule has 0 amide bonds. The third-order valence-electron chi connectivity index (χ3n) is 0.891. The third-order valence-corrected chi connectivity index (χ3v) is 0.891. The molecule has 3 heteroatoms. The van der Waals surface area contributed by atoms with Gasteiger partial charge < -0.3 is 5.32 Å². The van der Waals surface area contributed by atoms with Crippen LogP contribution in [0.3, 0.4) is 0 Å². The molecule has 0 fully saturated rings. The van der Waals surface area contributed by atoms with E-state index in [4.69, 9.17) is 5.84 Å². The fourth-order valence-electron chi connectivity index (χ4n) is 0.432. The monoisotopic (exact) mass is 117 g/mol. The molecule has 0 aliphatic rings. The van der Waals surface area contributed by atoms with Crippen LogP contribution in [0.5, 0.6) is 0 Å². The van der Waals surface area contributed by atoms with Crippen LogP contribution in [-0.2, 0) is 0 Å². The van der Waals surface area contributed by atoms with Crippen LogP contribution in [0.4, 0.5) is 0 Å². The minimum Gasteiger partial charge on any atom is -0.316 e. The molecule has 0 unspecified atom stereocenters. The maximum atomic E-state index is 5.33. The highest BCUT2D eigenvalue weighted by Gasteiger charge is 1.85. The standard InChI is InChI=1S/C5H15N3/c1-3-7-4-5-8(2)6/h7H,3-6H2,1-2H3. The second-order valence-electron chi connectivity index (χ2n) is 1.83. The van der Waals surface area contributed by atoms with E-state index in [0.717, 1.165) is 19.6 Å². The molecule has 0 spiro atoms. The molecule has 0 heterocycles. The Bertz CT molecular complexity index is 44.9. The zero-order valence-corrected chi connectivity index (χ0v) is 5.65. The fraction of sp³-hybridized carbons (Fsp3) is 1.00. The van der Waals surface area contributed by atoms with Gasteiger partial charge in [-0.05, 0) is 6.54 Å². The molecule has 0 radical (unpaired) electrons. The Morgan fingerprint density at radius 2 is 2.25 bits per heavy atom. The van der Waals surface area contributed by atoms with Crippen LogP contribution < -0.4 is 11.2 Å². The maximum absolute atomic E-state index is 5.33. The molecule has 0 atom stereocenters. The van der Waals surface area contributed by atoms with Gasteiger partial charge in [0.05, 0.1) is 0 Å². The number of hydrogen-bond donors (Lipinski definition) is 2. The van der Waals surface area contributed by atoms with Gasteiger partial charge in [0.2, 0.25) is 0 Å². The lowest BCUT2D eigenvalue weighted by molar-refractivity contribution is 0.347. The Balaban J connectivity index is 2.72. The molecule has 0 aromatic carbocycles. The first kappa shape index (κ1) is 7.88. The average Bonchev–Trinajstić information content (AvgIpc) is 1.66. The Morgan fingerprint density at radius 3 is 2.62 bits per heavy atom. The van der Waals surface area contributed by atoms with E-state index in [1.165, 1.54) is 0 Å². The molecule has 8 heavy (non-hydrogen) atoms. The minimum absolute atomic E-state index is 0.911.